The first kappa shape index (κ1) is 19.1. The van der Waals surface area contributed by atoms with Gasteiger partial charge in [-0.2, -0.15) is 0 Å². The summed E-state index contributed by atoms with van der Waals surface area (Å²) in [6.45, 7) is 10.6. The number of benzene rings is 2. The van der Waals surface area contributed by atoms with E-state index in [1.807, 2.05) is 12.1 Å². The van der Waals surface area contributed by atoms with Crippen LogP contribution in [-0.4, -0.2) is 5.11 Å². The van der Waals surface area contributed by atoms with Gasteiger partial charge in [-0.1, -0.05) is 37.3 Å². The lowest BCUT2D eigenvalue weighted by molar-refractivity contribution is 0.403. The van der Waals surface area contributed by atoms with Crippen LogP contribution < -0.4 is 11.5 Å². The summed E-state index contributed by atoms with van der Waals surface area (Å²) in [5, 5.41) is 9.79. The standard InChI is InChI=1S/C24H30N2O/c1-14-10-19(11-15(2)22(14)25)24(5,18-6-8-21(27)9-7-18)20-12-16(3)23(26)17(4)13-20/h6-12,20,27H,13,25-26H2,1-5H3. The Balaban J connectivity index is 2.24. The molecule has 2 aromatic carbocycles. The first-order valence-electron chi connectivity index (χ1n) is 9.45. The Morgan fingerprint density at radius 1 is 0.926 bits per heavy atom. The molecule has 0 aliphatic heterocycles. The molecule has 0 spiro atoms. The number of phenolic OH excluding ortho intramolecular Hbond substituents is 1. The predicted molar refractivity (Wildman–Crippen MR) is 114 cm³/mol. The summed E-state index contributed by atoms with van der Waals surface area (Å²) >= 11 is 0. The van der Waals surface area contributed by atoms with Gasteiger partial charge in [0, 0.05) is 16.8 Å². The summed E-state index contributed by atoms with van der Waals surface area (Å²) in [4.78, 5) is 0. The molecule has 1 aliphatic carbocycles. The number of hydrogen-bond acceptors (Lipinski definition) is 3. The minimum Gasteiger partial charge on any atom is -0.508 e. The van der Waals surface area contributed by atoms with Gasteiger partial charge in [0.2, 0.25) is 0 Å². The minimum atomic E-state index is -0.264. The van der Waals surface area contributed by atoms with Crippen LogP contribution >= 0.6 is 0 Å². The lowest BCUT2D eigenvalue weighted by Crippen LogP contribution is -2.35. The van der Waals surface area contributed by atoms with Crippen LogP contribution in [0.4, 0.5) is 5.69 Å². The van der Waals surface area contributed by atoms with Crippen molar-refractivity contribution in [1.29, 1.82) is 0 Å². The molecule has 5 N–H and O–H groups in total. The van der Waals surface area contributed by atoms with Crippen molar-refractivity contribution >= 4 is 5.69 Å². The van der Waals surface area contributed by atoms with Gasteiger partial charge in [0.05, 0.1) is 0 Å². The number of nitrogen functional groups attached to an aromatic ring is 1. The summed E-state index contributed by atoms with van der Waals surface area (Å²) in [6.07, 6.45) is 3.21. The fraction of sp³-hybridized carbons (Fsp3) is 0.333. The minimum absolute atomic E-state index is 0.261. The van der Waals surface area contributed by atoms with Gasteiger partial charge in [0.15, 0.2) is 0 Å². The second-order valence-electron chi connectivity index (χ2n) is 8.13. The van der Waals surface area contributed by atoms with Crippen LogP contribution in [0.25, 0.3) is 0 Å². The third-order valence-electron chi connectivity index (χ3n) is 6.26. The molecular formula is C24H30N2O. The number of aromatic hydroxyl groups is 1. The quantitative estimate of drug-likeness (QED) is 0.665. The summed E-state index contributed by atoms with van der Waals surface area (Å²) in [7, 11) is 0. The monoisotopic (exact) mass is 362 g/mol. The van der Waals surface area contributed by atoms with Crippen molar-refractivity contribution in [1.82, 2.24) is 0 Å². The van der Waals surface area contributed by atoms with Crippen LogP contribution in [0.1, 0.15) is 49.4 Å². The molecule has 1 aliphatic rings. The summed E-state index contributed by atoms with van der Waals surface area (Å²) in [5.74, 6) is 0.540. The Bertz CT molecular complexity index is 914. The Kier molecular flexibility index (Phi) is 4.81. The number of phenols is 1. The molecule has 142 valence electrons. The number of allylic oxidation sites excluding steroid dienone is 3. The fourth-order valence-electron chi connectivity index (χ4n) is 4.27. The van der Waals surface area contributed by atoms with Gasteiger partial charge in [-0.3, -0.25) is 0 Å². The van der Waals surface area contributed by atoms with Crippen molar-refractivity contribution in [3.8, 4) is 5.75 Å². The first-order chi connectivity index (χ1) is 12.6. The average molecular weight is 363 g/mol. The Hall–Kier alpha value is -2.68. The molecule has 0 aromatic heterocycles. The van der Waals surface area contributed by atoms with E-state index in [2.05, 4.69) is 52.8 Å². The van der Waals surface area contributed by atoms with Gasteiger partial charge < -0.3 is 16.6 Å². The van der Waals surface area contributed by atoms with Gasteiger partial charge in [-0.05, 0) is 85.6 Å². The van der Waals surface area contributed by atoms with Gasteiger partial charge in [-0.15, -0.1) is 0 Å². The largest absolute Gasteiger partial charge is 0.508 e. The van der Waals surface area contributed by atoms with Crippen molar-refractivity contribution in [3.05, 3.63) is 81.6 Å². The van der Waals surface area contributed by atoms with Gasteiger partial charge in [0.25, 0.3) is 0 Å². The summed E-state index contributed by atoms with van der Waals surface area (Å²) in [5.41, 5.74) is 20.9. The zero-order valence-corrected chi connectivity index (χ0v) is 16.9. The van der Waals surface area contributed by atoms with Crippen LogP contribution in [0.5, 0.6) is 5.75 Å². The molecule has 0 heterocycles. The third kappa shape index (κ3) is 3.23. The maximum Gasteiger partial charge on any atom is 0.115 e. The Morgan fingerprint density at radius 3 is 2.00 bits per heavy atom. The van der Waals surface area contributed by atoms with E-state index in [0.29, 0.717) is 0 Å². The molecule has 0 bridgehead atoms. The maximum absolute atomic E-state index is 9.79. The molecule has 0 saturated carbocycles. The molecule has 3 rings (SSSR count). The van der Waals surface area contributed by atoms with Gasteiger partial charge in [0.1, 0.15) is 5.75 Å². The second-order valence-corrected chi connectivity index (χ2v) is 8.13. The lowest BCUT2D eigenvalue weighted by Gasteiger charge is -2.40. The zero-order valence-electron chi connectivity index (χ0n) is 16.9. The van der Waals surface area contributed by atoms with Gasteiger partial charge >= 0.3 is 0 Å². The number of hydrogen-bond donors (Lipinski definition) is 3. The number of anilines is 1. The average Bonchev–Trinajstić information content (AvgIpc) is 2.63. The van der Waals surface area contributed by atoms with Crippen molar-refractivity contribution in [2.24, 2.45) is 11.7 Å². The second kappa shape index (κ2) is 6.80. The highest BCUT2D eigenvalue weighted by molar-refractivity contribution is 5.58. The Morgan fingerprint density at radius 2 is 1.48 bits per heavy atom. The van der Waals surface area contributed by atoms with E-state index >= 15 is 0 Å². The van der Waals surface area contributed by atoms with Crippen LogP contribution in [-0.2, 0) is 5.41 Å². The van der Waals surface area contributed by atoms with Gasteiger partial charge in [-0.25, -0.2) is 0 Å². The molecule has 0 amide bonds. The summed E-state index contributed by atoms with van der Waals surface area (Å²) in [6, 6.07) is 12.0. The van der Waals surface area contributed by atoms with Crippen molar-refractivity contribution in [3.63, 3.8) is 0 Å². The first-order valence-corrected chi connectivity index (χ1v) is 9.45. The fourth-order valence-corrected chi connectivity index (χ4v) is 4.27. The maximum atomic E-state index is 9.79. The molecule has 3 heteroatoms. The van der Waals surface area contributed by atoms with E-state index < -0.39 is 0 Å². The predicted octanol–water partition coefficient (Wildman–Crippen LogP) is 5.10. The van der Waals surface area contributed by atoms with Crippen molar-refractivity contribution in [2.75, 3.05) is 5.73 Å². The van der Waals surface area contributed by atoms with Crippen LogP contribution in [0, 0.1) is 19.8 Å². The molecule has 0 saturated heterocycles. The molecule has 2 unspecified atom stereocenters. The number of aryl methyl sites for hydroxylation is 2. The summed E-state index contributed by atoms with van der Waals surface area (Å²) < 4.78 is 0. The SMILES string of the molecule is CC1=CC(C(C)(c2ccc(O)cc2)c2cc(C)c(N)c(C)c2)CC(C)=C1N. The van der Waals surface area contributed by atoms with Crippen LogP contribution in [0.3, 0.4) is 0 Å². The third-order valence-corrected chi connectivity index (χ3v) is 6.26. The molecular weight excluding hydrogens is 332 g/mol. The van der Waals surface area contributed by atoms with E-state index in [0.717, 1.165) is 34.5 Å². The van der Waals surface area contributed by atoms with Crippen molar-refractivity contribution in [2.45, 2.75) is 46.5 Å². The van der Waals surface area contributed by atoms with E-state index in [1.165, 1.54) is 16.7 Å². The molecule has 2 atom stereocenters. The van der Waals surface area contributed by atoms with E-state index in [1.54, 1.807) is 12.1 Å². The van der Waals surface area contributed by atoms with Crippen LogP contribution in [0.15, 0.2) is 59.3 Å². The molecule has 3 nitrogen and oxygen atoms in total. The normalized spacial score (nSPS) is 19.6. The topological polar surface area (TPSA) is 72.3 Å². The number of nitrogens with two attached hydrogens (primary N) is 2. The van der Waals surface area contributed by atoms with E-state index in [9.17, 15) is 5.11 Å². The van der Waals surface area contributed by atoms with E-state index in [-0.39, 0.29) is 17.1 Å². The van der Waals surface area contributed by atoms with E-state index in [4.69, 9.17) is 11.5 Å². The molecule has 0 radical (unpaired) electrons. The highest BCUT2D eigenvalue weighted by Crippen LogP contribution is 2.46. The number of rotatable bonds is 3. The smallest absolute Gasteiger partial charge is 0.115 e. The lowest BCUT2D eigenvalue weighted by atomic mass is 9.63. The highest BCUT2D eigenvalue weighted by Gasteiger charge is 2.38. The van der Waals surface area contributed by atoms with Crippen LogP contribution in [0.2, 0.25) is 0 Å². The Labute approximate surface area is 162 Å². The molecule has 27 heavy (non-hydrogen) atoms. The molecule has 2 aromatic rings. The zero-order chi connectivity index (χ0) is 19.9. The highest BCUT2D eigenvalue weighted by atomic mass is 16.3. The van der Waals surface area contributed by atoms with Crippen molar-refractivity contribution < 1.29 is 5.11 Å². The molecule has 0 fully saturated rings.